The first-order chi connectivity index (χ1) is 8.70. The Bertz CT molecular complexity index is 469. The van der Waals surface area contributed by atoms with Crippen molar-refractivity contribution in [1.82, 2.24) is 5.32 Å². The summed E-state index contributed by atoms with van der Waals surface area (Å²) < 4.78 is 0. The van der Waals surface area contributed by atoms with E-state index in [4.69, 9.17) is 0 Å². The van der Waals surface area contributed by atoms with E-state index in [-0.39, 0.29) is 11.7 Å². The van der Waals surface area contributed by atoms with Crippen LogP contribution in [0.1, 0.15) is 35.2 Å². The summed E-state index contributed by atoms with van der Waals surface area (Å²) in [6, 6.07) is 5.61. The van der Waals surface area contributed by atoms with E-state index in [0.29, 0.717) is 25.1 Å². The summed E-state index contributed by atoms with van der Waals surface area (Å²) in [7, 11) is 1.81. The minimum Gasteiger partial charge on any atom is -0.326 e. The van der Waals surface area contributed by atoms with Crippen molar-refractivity contribution in [3.63, 3.8) is 0 Å². The highest BCUT2D eigenvalue weighted by atomic mass is 16.1. The molecule has 96 valence electrons. The summed E-state index contributed by atoms with van der Waals surface area (Å²) in [6.07, 6.45) is 2.93. The van der Waals surface area contributed by atoms with Crippen molar-refractivity contribution in [2.75, 3.05) is 18.9 Å². The van der Waals surface area contributed by atoms with E-state index < -0.39 is 0 Å². The summed E-state index contributed by atoms with van der Waals surface area (Å²) in [5.41, 5.74) is 2.58. The van der Waals surface area contributed by atoms with Gasteiger partial charge in [-0.25, -0.2) is 0 Å². The lowest BCUT2D eigenvalue weighted by atomic mass is 9.90. The molecule has 0 unspecified atom stereocenters. The van der Waals surface area contributed by atoms with Gasteiger partial charge < -0.3 is 10.6 Å². The van der Waals surface area contributed by atoms with E-state index in [1.165, 1.54) is 0 Å². The van der Waals surface area contributed by atoms with Gasteiger partial charge in [0, 0.05) is 30.6 Å². The number of carbonyl (C=O) groups excluding carboxylic acids is 2. The highest BCUT2D eigenvalue weighted by Crippen LogP contribution is 2.24. The number of rotatable bonds is 4. The van der Waals surface area contributed by atoms with Crippen molar-refractivity contribution < 1.29 is 9.59 Å². The molecule has 0 saturated carbocycles. The lowest BCUT2D eigenvalue weighted by molar-refractivity contribution is -0.116. The molecule has 0 fully saturated rings. The molecule has 1 aromatic carbocycles. The third kappa shape index (κ3) is 2.96. The molecule has 0 radical (unpaired) electrons. The molecule has 4 heteroatoms. The normalized spacial score (nSPS) is 14.2. The molecule has 1 aliphatic rings. The van der Waals surface area contributed by atoms with Crippen molar-refractivity contribution in [3.8, 4) is 0 Å². The van der Waals surface area contributed by atoms with Crippen LogP contribution in [0.4, 0.5) is 5.69 Å². The molecular weight excluding hydrogens is 228 g/mol. The fourth-order valence-corrected chi connectivity index (χ4v) is 2.17. The monoisotopic (exact) mass is 246 g/mol. The number of aryl methyl sites for hydroxylation is 1. The Morgan fingerprint density at radius 3 is 2.94 bits per heavy atom. The number of ketones is 1. The van der Waals surface area contributed by atoms with Crippen molar-refractivity contribution in [3.05, 3.63) is 29.3 Å². The van der Waals surface area contributed by atoms with Gasteiger partial charge >= 0.3 is 0 Å². The summed E-state index contributed by atoms with van der Waals surface area (Å²) in [6.45, 7) is 0.649. The van der Waals surface area contributed by atoms with Gasteiger partial charge in [-0.3, -0.25) is 9.59 Å². The van der Waals surface area contributed by atoms with Gasteiger partial charge in [-0.2, -0.15) is 0 Å². The van der Waals surface area contributed by atoms with Crippen molar-refractivity contribution in [2.24, 2.45) is 0 Å². The topological polar surface area (TPSA) is 58.2 Å². The van der Waals surface area contributed by atoms with Gasteiger partial charge in [-0.1, -0.05) is 6.07 Å². The van der Waals surface area contributed by atoms with Gasteiger partial charge in [0.1, 0.15) is 0 Å². The second-order valence-corrected chi connectivity index (χ2v) is 4.55. The van der Waals surface area contributed by atoms with E-state index in [1.807, 2.05) is 19.2 Å². The van der Waals surface area contributed by atoms with Crippen LogP contribution >= 0.6 is 0 Å². The van der Waals surface area contributed by atoms with Gasteiger partial charge in [0.05, 0.1) is 0 Å². The summed E-state index contributed by atoms with van der Waals surface area (Å²) in [5.74, 6) is 0.148. The summed E-state index contributed by atoms with van der Waals surface area (Å²) in [5, 5.41) is 5.74. The van der Waals surface area contributed by atoms with E-state index in [9.17, 15) is 9.59 Å². The van der Waals surface area contributed by atoms with Gasteiger partial charge in [0.25, 0.3) is 0 Å². The van der Waals surface area contributed by atoms with Crippen molar-refractivity contribution in [1.29, 1.82) is 0 Å². The van der Waals surface area contributed by atoms with Crippen LogP contribution < -0.4 is 10.6 Å². The lowest BCUT2D eigenvalue weighted by Gasteiger charge is -2.15. The number of fused-ring (bicyclic) bond motifs is 1. The SMILES string of the molecule is CNCCC(=O)Nc1ccc2c(c1)C(=O)CCC2. The first-order valence-corrected chi connectivity index (χ1v) is 6.31. The van der Waals surface area contributed by atoms with Crippen LogP contribution in [0.2, 0.25) is 0 Å². The first kappa shape index (κ1) is 12.8. The molecule has 0 saturated heterocycles. The zero-order valence-electron chi connectivity index (χ0n) is 10.6. The van der Waals surface area contributed by atoms with Crippen molar-refractivity contribution >= 4 is 17.4 Å². The fraction of sp³-hybridized carbons (Fsp3) is 0.429. The number of benzene rings is 1. The maximum atomic E-state index is 11.8. The number of hydrogen-bond donors (Lipinski definition) is 2. The number of anilines is 1. The maximum Gasteiger partial charge on any atom is 0.225 e. The lowest BCUT2D eigenvalue weighted by Crippen LogP contribution is -2.19. The Balaban J connectivity index is 2.08. The molecule has 1 aromatic rings. The molecule has 0 heterocycles. The smallest absolute Gasteiger partial charge is 0.225 e. The van der Waals surface area contributed by atoms with Gasteiger partial charge in [-0.05, 0) is 37.6 Å². The molecule has 18 heavy (non-hydrogen) atoms. The standard InChI is InChI=1S/C14H18N2O2/c1-15-8-7-14(18)16-11-6-5-10-3-2-4-13(17)12(10)9-11/h5-6,9,15H,2-4,7-8H2,1H3,(H,16,18). The van der Waals surface area contributed by atoms with Crippen LogP contribution in [0.25, 0.3) is 0 Å². The zero-order valence-corrected chi connectivity index (χ0v) is 10.6. The van der Waals surface area contributed by atoms with E-state index in [2.05, 4.69) is 10.6 Å². The Morgan fingerprint density at radius 1 is 1.33 bits per heavy atom. The second-order valence-electron chi connectivity index (χ2n) is 4.55. The molecule has 1 aliphatic carbocycles. The van der Waals surface area contributed by atoms with Crippen LogP contribution in [0.15, 0.2) is 18.2 Å². The molecule has 0 spiro atoms. The highest BCUT2D eigenvalue weighted by molar-refractivity contribution is 6.00. The number of amides is 1. The molecule has 1 amide bonds. The van der Waals surface area contributed by atoms with E-state index in [1.54, 1.807) is 6.07 Å². The third-order valence-electron chi connectivity index (χ3n) is 3.15. The van der Waals surface area contributed by atoms with E-state index in [0.717, 1.165) is 24.0 Å². The molecule has 0 aromatic heterocycles. The minimum atomic E-state index is -0.0347. The summed E-state index contributed by atoms with van der Waals surface area (Å²) >= 11 is 0. The quantitative estimate of drug-likeness (QED) is 0.851. The van der Waals surface area contributed by atoms with Gasteiger partial charge in [0.15, 0.2) is 5.78 Å². The predicted octanol–water partition coefficient (Wildman–Crippen LogP) is 1.75. The molecular formula is C14H18N2O2. The number of nitrogens with one attached hydrogen (secondary N) is 2. The van der Waals surface area contributed by atoms with Crippen LogP contribution in [-0.4, -0.2) is 25.3 Å². The zero-order chi connectivity index (χ0) is 13.0. The van der Waals surface area contributed by atoms with Gasteiger partial charge in [-0.15, -0.1) is 0 Å². The predicted molar refractivity (Wildman–Crippen MR) is 70.9 cm³/mol. The summed E-state index contributed by atoms with van der Waals surface area (Å²) in [4.78, 5) is 23.4. The highest BCUT2D eigenvalue weighted by Gasteiger charge is 2.17. The molecule has 0 atom stereocenters. The van der Waals surface area contributed by atoms with Crippen LogP contribution in [0, 0.1) is 0 Å². The second kappa shape index (κ2) is 5.78. The largest absolute Gasteiger partial charge is 0.326 e. The number of hydrogen-bond acceptors (Lipinski definition) is 3. The maximum absolute atomic E-state index is 11.8. The van der Waals surface area contributed by atoms with Crippen LogP contribution in [0.3, 0.4) is 0 Å². The first-order valence-electron chi connectivity index (χ1n) is 6.31. The van der Waals surface area contributed by atoms with Gasteiger partial charge in [0.2, 0.25) is 5.91 Å². The Kier molecular flexibility index (Phi) is 4.10. The third-order valence-corrected chi connectivity index (χ3v) is 3.15. The van der Waals surface area contributed by atoms with E-state index >= 15 is 0 Å². The number of carbonyl (C=O) groups is 2. The molecule has 0 aliphatic heterocycles. The fourth-order valence-electron chi connectivity index (χ4n) is 2.17. The number of Topliss-reactive ketones (excluding diaryl/α,β-unsaturated/α-hetero) is 1. The van der Waals surface area contributed by atoms with Crippen molar-refractivity contribution in [2.45, 2.75) is 25.7 Å². The van der Waals surface area contributed by atoms with Crippen LogP contribution in [0.5, 0.6) is 0 Å². The van der Waals surface area contributed by atoms with Crippen LogP contribution in [-0.2, 0) is 11.2 Å². The average Bonchev–Trinajstić information content (AvgIpc) is 2.37. The molecule has 0 bridgehead atoms. The minimum absolute atomic E-state index is 0.0347. The molecule has 2 N–H and O–H groups in total. The Labute approximate surface area is 107 Å². The Hall–Kier alpha value is -1.68. The average molecular weight is 246 g/mol. The molecule has 2 rings (SSSR count). The Morgan fingerprint density at radius 2 is 2.17 bits per heavy atom. The molecule has 4 nitrogen and oxygen atoms in total.